The van der Waals surface area contributed by atoms with E-state index in [-0.39, 0.29) is 10.9 Å². The number of nitrogen functional groups attached to an aromatic ring is 1. The van der Waals surface area contributed by atoms with Gasteiger partial charge in [-0.3, -0.25) is 0 Å². The van der Waals surface area contributed by atoms with Crippen LogP contribution in [-0.2, 0) is 14.8 Å². The summed E-state index contributed by atoms with van der Waals surface area (Å²) in [7, 11) is -2.29. The van der Waals surface area contributed by atoms with Gasteiger partial charge >= 0.3 is 6.09 Å². The molecule has 1 aromatic carbocycles. The van der Waals surface area contributed by atoms with E-state index in [1.807, 2.05) is 0 Å². The second kappa shape index (κ2) is 9.10. The van der Waals surface area contributed by atoms with Gasteiger partial charge in [0.15, 0.2) is 0 Å². The number of nitrogens with one attached hydrogen (secondary N) is 2. The maximum Gasteiger partial charge on any atom is 0.407 e. The zero-order valence-electron chi connectivity index (χ0n) is 16.5. The molecule has 29 heavy (non-hydrogen) atoms. The minimum atomic E-state index is -3.65. The third-order valence-electron chi connectivity index (χ3n) is 5.00. The number of hydrogen-bond acceptors (Lipinski definition) is 7. The number of carbonyl (C=O) groups excluding carboxylic acids is 1. The third-order valence-corrected chi connectivity index (χ3v) is 7.78. The van der Waals surface area contributed by atoms with Crippen molar-refractivity contribution in [1.82, 2.24) is 15.0 Å². The molecule has 158 valence electrons. The Morgan fingerprint density at radius 1 is 1.31 bits per heavy atom. The van der Waals surface area contributed by atoms with Crippen LogP contribution in [0.15, 0.2) is 29.3 Å². The standard InChI is InChI=1S/C19H26N4O4S2/c1-3-22-29(25,26)17-10-13(20)6-9-15(17)16-11-21-18(28-16)12-4-7-14(8-5-12)23-19(24)27-2/h6,9-12,14,22H,3-5,7-8,20H2,1-2H3,(H,23,24)/t12-,14-. The Morgan fingerprint density at radius 3 is 2.69 bits per heavy atom. The van der Waals surface area contributed by atoms with Crippen molar-refractivity contribution in [2.45, 2.75) is 49.5 Å². The number of benzene rings is 1. The van der Waals surface area contributed by atoms with Gasteiger partial charge in [0, 0.05) is 36.0 Å². The van der Waals surface area contributed by atoms with Crippen molar-refractivity contribution in [2.75, 3.05) is 19.4 Å². The molecular formula is C19H26N4O4S2. The highest BCUT2D eigenvalue weighted by molar-refractivity contribution is 7.89. The van der Waals surface area contributed by atoms with Crippen molar-refractivity contribution in [3.63, 3.8) is 0 Å². The molecule has 8 nitrogen and oxygen atoms in total. The van der Waals surface area contributed by atoms with Gasteiger partial charge in [0.05, 0.1) is 21.9 Å². The quantitative estimate of drug-likeness (QED) is 0.596. The van der Waals surface area contributed by atoms with Gasteiger partial charge < -0.3 is 15.8 Å². The lowest BCUT2D eigenvalue weighted by Gasteiger charge is -2.27. The van der Waals surface area contributed by atoms with Gasteiger partial charge in [-0.05, 0) is 37.8 Å². The Hall–Kier alpha value is -2.17. The molecule has 0 radical (unpaired) electrons. The molecule has 1 amide bonds. The van der Waals surface area contributed by atoms with Gasteiger partial charge in [-0.1, -0.05) is 13.0 Å². The van der Waals surface area contributed by atoms with E-state index in [2.05, 4.69) is 19.8 Å². The number of aromatic nitrogens is 1. The monoisotopic (exact) mass is 438 g/mol. The average Bonchev–Trinajstić information content (AvgIpc) is 3.18. The molecule has 1 aliphatic carbocycles. The van der Waals surface area contributed by atoms with E-state index in [9.17, 15) is 13.2 Å². The first-order chi connectivity index (χ1) is 13.8. The zero-order valence-corrected chi connectivity index (χ0v) is 18.1. The summed E-state index contributed by atoms with van der Waals surface area (Å²) in [5, 5.41) is 3.84. The summed E-state index contributed by atoms with van der Waals surface area (Å²) in [6.45, 7) is 2.03. The number of amides is 1. The van der Waals surface area contributed by atoms with Crippen LogP contribution in [0.5, 0.6) is 0 Å². The topological polar surface area (TPSA) is 123 Å². The van der Waals surface area contributed by atoms with E-state index in [0.29, 0.717) is 23.7 Å². The van der Waals surface area contributed by atoms with Gasteiger partial charge in [0.2, 0.25) is 10.0 Å². The molecule has 0 spiro atoms. The first-order valence-electron chi connectivity index (χ1n) is 9.53. The minimum Gasteiger partial charge on any atom is -0.453 e. The molecule has 0 bridgehead atoms. The number of hydrogen-bond donors (Lipinski definition) is 3. The van der Waals surface area contributed by atoms with Gasteiger partial charge in [0.25, 0.3) is 0 Å². The summed E-state index contributed by atoms with van der Waals surface area (Å²) in [6, 6.07) is 5.03. The maximum absolute atomic E-state index is 12.6. The highest BCUT2D eigenvalue weighted by Crippen LogP contribution is 2.39. The van der Waals surface area contributed by atoms with Crippen molar-refractivity contribution in [1.29, 1.82) is 0 Å². The highest BCUT2D eigenvalue weighted by atomic mass is 32.2. The summed E-state index contributed by atoms with van der Waals surface area (Å²) < 4.78 is 32.4. The zero-order chi connectivity index (χ0) is 21.0. The number of thiazole rings is 1. The van der Waals surface area contributed by atoms with Gasteiger partial charge in [-0.2, -0.15) is 0 Å². The number of anilines is 1. The lowest BCUT2D eigenvalue weighted by molar-refractivity contribution is 0.162. The number of methoxy groups -OCH3 is 1. The predicted octanol–water partition coefficient (Wildman–Crippen LogP) is 3.07. The summed E-state index contributed by atoms with van der Waals surface area (Å²) in [5.74, 6) is 0.298. The second-order valence-electron chi connectivity index (χ2n) is 7.00. The van der Waals surface area contributed by atoms with Crippen LogP contribution in [0.2, 0.25) is 0 Å². The lowest BCUT2D eigenvalue weighted by Crippen LogP contribution is -2.37. The van der Waals surface area contributed by atoms with E-state index >= 15 is 0 Å². The smallest absolute Gasteiger partial charge is 0.407 e. The summed E-state index contributed by atoms with van der Waals surface area (Å²) in [4.78, 5) is 16.9. The van der Waals surface area contributed by atoms with Crippen LogP contribution in [0.1, 0.15) is 43.5 Å². The number of rotatable bonds is 6. The van der Waals surface area contributed by atoms with Crippen molar-refractivity contribution in [2.24, 2.45) is 0 Å². The number of nitrogens with zero attached hydrogens (tertiary/aromatic N) is 1. The molecule has 10 heteroatoms. The van der Waals surface area contributed by atoms with E-state index in [4.69, 9.17) is 5.73 Å². The Balaban J connectivity index is 1.79. The normalized spacial score (nSPS) is 19.7. The van der Waals surface area contributed by atoms with Crippen LogP contribution >= 0.6 is 11.3 Å². The molecule has 1 saturated carbocycles. The van der Waals surface area contributed by atoms with Crippen molar-refractivity contribution >= 4 is 33.1 Å². The molecule has 0 atom stereocenters. The van der Waals surface area contributed by atoms with E-state index < -0.39 is 16.1 Å². The second-order valence-corrected chi connectivity index (χ2v) is 9.80. The molecule has 0 aliphatic heterocycles. The molecule has 1 heterocycles. The number of sulfonamides is 1. The Kier molecular flexibility index (Phi) is 6.76. The first-order valence-corrected chi connectivity index (χ1v) is 11.8. The van der Waals surface area contributed by atoms with Crippen molar-refractivity contribution < 1.29 is 17.9 Å². The van der Waals surface area contributed by atoms with Gasteiger partial charge in [-0.15, -0.1) is 11.3 Å². The van der Waals surface area contributed by atoms with Crippen LogP contribution in [-0.4, -0.2) is 39.2 Å². The molecule has 1 aliphatic rings. The molecule has 1 aromatic heterocycles. The number of carbonyl (C=O) groups is 1. The van der Waals surface area contributed by atoms with Gasteiger partial charge in [0.1, 0.15) is 0 Å². The number of ether oxygens (including phenoxy) is 1. The van der Waals surface area contributed by atoms with Crippen molar-refractivity contribution in [3.8, 4) is 10.4 Å². The van der Waals surface area contributed by atoms with Crippen LogP contribution in [0.3, 0.4) is 0 Å². The molecule has 1 fully saturated rings. The van der Waals surface area contributed by atoms with E-state index in [0.717, 1.165) is 35.6 Å². The fraction of sp³-hybridized carbons (Fsp3) is 0.474. The third kappa shape index (κ3) is 5.06. The van der Waals surface area contributed by atoms with Crippen LogP contribution in [0.25, 0.3) is 10.4 Å². The van der Waals surface area contributed by atoms with Gasteiger partial charge in [-0.25, -0.2) is 22.9 Å². The molecular weight excluding hydrogens is 412 g/mol. The van der Waals surface area contributed by atoms with Crippen LogP contribution in [0.4, 0.5) is 10.5 Å². The molecule has 0 unspecified atom stereocenters. The first kappa shape index (κ1) is 21.5. The molecule has 3 rings (SSSR count). The fourth-order valence-electron chi connectivity index (χ4n) is 3.54. The maximum atomic E-state index is 12.6. The predicted molar refractivity (Wildman–Crippen MR) is 113 cm³/mol. The van der Waals surface area contributed by atoms with E-state index in [1.54, 1.807) is 25.3 Å². The fourth-order valence-corrected chi connectivity index (χ4v) is 6.03. The number of nitrogens with two attached hydrogens (primary N) is 1. The highest BCUT2D eigenvalue weighted by Gasteiger charge is 2.27. The minimum absolute atomic E-state index is 0.118. The summed E-state index contributed by atoms with van der Waals surface area (Å²) >= 11 is 1.51. The molecule has 0 saturated heterocycles. The Labute approximate surface area is 174 Å². The Morgan fingerprint density at radius 2 is 2.03 bits per heavy atom. The summed E-state index contributed by atoms with van der Waals surface area (Å²) in [6.07, 6.45) is 4.86. The largest absolute Gasteiger partial charge is 0.453 e. The SMILES string of the molecule is CCNS(=O)(=O)c1cc(N)ccc1-c1cnc([C@H]2CC[C@H](NC(=O)OC)CC2)s1. The van der Waals surface area contributed by atoms with Crippen molar-refractivity contribution in [3.05, 3.63) is 29.4 Å². The van der Waals surface area contributed by atoms with Crippen LogP contribution < -0.4 is 15.8 Å². The molecule has 4 N–H and O–H groups in total. The Bertz CT molecular complexity index is 966. The van der Waals surface area contributed by atoms with E-state index in [1.165, 1.54) is 24.5 Å². The number of alkyl carbamates (subject to hydrolysis) is 1. The molecule has 2 aromatic rings. The average molecular weight is 439 g/mol. The lowest BCUT2D eigenvalue weighted by atomic mass is 9.86. The summed E-state index contributed by atoms with van der Waals surface area (Å²) in [5.41, 5.74) is 6.83. The van der Waals surface area contributed by atoms with Crippen LogP contribution in [0, 0.1) is 0 Å².